The van der Waals surface area contributed by atoms with E-state index in [1.54, 1.807) is 9.80 Å². The molecule has 3 aromatic rings. The van der Waals surface area contributed by atoms with Crippen LogP contribution in [0.1, 0.15) is 58.2 Å². The van der Waals surface area contributed by atoms with Crippen LogP contribution in [0, 0.1) is 0 Å². The number of nitrogens with zero attached hydrogens (tertiary/aromatic N) is 4. The number of anilines is 1. The third-order valence-electron chi connectivity index (χ3n) is 7.17. The number of H-pyrrole nitrogens is 1. The minimum atomic E-state index is -0.579. The van der Waals surface area contributed by atoms with Gasteiger partial charge in [-0.3, -0.25) is 4.79 Å². The quantitative estimate of drug-likeness (QED) is 0.459. The van der Waals surface area contributed by atoms with Crippen LogP contribution in [0.2, 0.25) is 0 Å². The summed E-state index contributed by atoms with van der Waals surface area (Å²) in [6.45, 7) is 7.67. The van der Waals surface area contributed by atoms with Gasteiger partial charge in [-0.05, 0) is 58.6 Å². The Morgan fingerprint density at radius 2 is 1.80 bits per heavy atom. The lowest BCUT2D eigenvalue weighted by molar-refractivity contribution is 0.0206. The second-order valence-electron chi connectivity index (χ2n) is 11.3. The van der Waals surface area contributed by atoms with Gasteiger partial charge in [-0.2, -0.15) is 0 Å². The highest BCUT2D eigenvalue weighted by Gasteiger charge is 2.31. The number of aromatic amines is 1. The fourth-order valence-electron chi connectivity index (χ4n) is 5.21. The molecular formula is C28H36N6O5S. The molecule has 12 heteroatoms. The fourth-order valence-corrected chi connectivity index (χ4v) is 6.22. The first-order valence-electron chi connectivity index (χ1n) is 13.7. The highest BCUT2D eigenvalue weighted by atomic mass is 32.1. The maximum absolute atomic E-state index is 13.6. The Hall–Kier alpha value is -3.67. The number of thiazole rings is 1. The van der Waals surface area contributed by atoms with Crippen LogP contribution in [0.4, 0.5) is 15.4 Å². The van der Waals surface area contributed by atoms with E-state index < -0.39 is 5.60 Å². The van der Waals surface area contributed by atoms with Crippen LogP contribution in [0.15, 0.2) is 29.1 Å². The summed E-state index contributed by atoms with van der Waals surface area (Å²) in [6, 6.07) is 7.66. The molecule has 2 aromatic heterocycles. The summed E-state index contributed by atoms with van der Waals surface area (Å²) in [5, 5.41) is 4.09. The lowest BCUT2D eigenvalue weighted by Gasteiger charge is -2.35. The van der Waals surface area contributed by atoms with Crippen molar-refractivity contribution in [2.75, 3.05) is 38.6 Å². The highest BCUT2D eigenvalue weighted by Crippen LogP contribution is 2.34. The van der Waals surface area contributed by atoms with Gasteiger partial charge < -0.3 is 29.6 Å². The molecule has 5 rings (SSSR count). The SMILES string of the molecule is COC(=O)N1CCC(c2nc(NC3CCCN(C(=O)OC(C)(C)C)C3)c(-c3nc4ccccc4s3)c(=O)[nH]2)CC1. The van der Waals surface area contributed by atoms with Crippen LogP contribution in [-0.4, -0.2) is 81.9 Å². The van der Waals surface area contributed by atoms with Gasteiger partial charge in [0, 0.05) is 38.1 Å². The van der Waals surface area contributed by atoms with E-state index in [-0.39, 0.29) is 29.7 Å². The first-order chi connectivity index (χ1) is 19.1. The number of carbonyl (C=O) groups excluding carboxylic acids is 2. The van der Waals surface area contributed by atoms with Crippen LogP contribution < -0.4 is 10.9 Å². The average molecular weight is 569 g/mol. The molecular weight excluding hydrogens is 532 g/mol. The minimum absolute atomic E-state index is 0.0109. The summed E-state index contributed by atoms with van der Waals surface area (Å²) in [5.41, 5.74) is 0.373. The molecule has 2 amide bonds. The average Bonchev–Trinajstić information content (AvgIpc) is 3.35. The zero-order valence-corrected chi connectivity index (χ0v) is 24.2. The number of nitrogens with one attached hydrogen (secondary N) is 2. The number of para-hydroxylation sites is 1. The van der Waals surface area contributed by atoms with E-state index in [4.69, 9.17) is 19.4 Å². The summed E-state index contributed by atoms with van der Waals surface area (Å²) in [4.78, 5) is 54.4. The molecule has 214 valence electrons. The molecule has 0 radical (unpaired) electrons. The maximum atomic E-state index is 13.6. The number of amides is 2. The summed E-state index contributed by atoms with van der Waals surface area (Å²) in [7, 11) is 1.38. The Morgan fingerprint density at radius 3 is 2.50 bits per heavy atom. The van der Waals surface area contributed by atoms with Gasteiger partial charge in [-0.1, -0.05) is 12.1 Å². The van der Waals surface area contributed by atoms with Gasteiger partial charge in [0.25, 0.3) is 5.56 Å². The number of hydrogen-bond donors (Lipinski definition) is 2. The number of rotatable bonds is 4. The molecule has 2 fully saturated rings. The summed E-state index contributed by atoms with van der Waals surface area (Å²) >= 11 is 1.45. The number of ether oxygens (including phenoxy) is 2. The van der Waals surface area contributed by atoms with E-state index >= 15 is 0 Å². The number of methoxy groups -OCH3 is 1. The Morgan fingerprint density at radius 1 is 1.05 bits per heavy atom. The summed E-state index contributed by atoms with van der Waals surface area (Å²) in [6.07, 6.45) is 2.25. The first-order valence-corrected chi connectivity index (χ1v) is 14.5. The highest BCUT2D eigenvalue weighted by molar-refractivity contribution is 7.21. The van der Waals surface area contributed by atoms with Crippen molar-refractivity contribution in [1.82, 2.24) is 24.8 Å². The second-order valence-corrected chi connectivity index (χ2v) is 12.3. The fraction of sp³-hybridized carbons (Fsp3) is 0.536. The van der Waals surface area contributed by atoms with Crippen LogP contribution in [0.5, 0.6) is 0 Å². The van der Waals surface area contributed by atoms with Crippen molar-refractivity contribution in [2.24, 2.45) is 0 Å². The minimum Gasteiger partial charge on any atom is -0.453 e. The number of carbonyl (C=O) groups is 2. The van der Waals surface area contributed by atoms with E-state index in [1.165, 1.54) is 18.4 Å². The molecule has 1 unspecified atom stereocenters. The largest absolute Gasteiger partial charge is 0.453 e. The van der Waals surface area contributed by atoms with E-state index in [2.05, 4.69) is 10.3 Å². The van der Waals surface area contributed by atoms with Crippen molar-refractivity contribution in [2.45, 2.75) is 64.0 Å². The van der Waals surface area contributed by atoms with Gasteiger partial charge in [0.2, 0.25) is 0 Å². The molecule has 2 aliphatic rings. The summed E-state index contributed by atoms with van der Waals surface area (Å²) < 4.78 is 11.4. The third-order valence-corrected chi connectivity index (χ3v) is 8.23. The number of fused-ring (bicyclic) bond motifs is 1. The van der Waals surface area contributed by atoms with Gasteiger partial charge in [0.15, 0.2) is 0 Å². The lowest BCUT2D eigenvalue weighted by Crippen LogP contribution is -2.47. The Labute approximate surface area is 236 Å². The molecule has 2 saturated heterocycles. The number of hydrogen-bond acceptors (Lipinski definition) is 9. The standard InChI is InChI=1S/C28H36N6O5S/c1-28(2,3)39-27(37)34-13-7-8-18(16-34)29-23-21(25-30-19-9-5-6-10-20(19)40-25)24(35)32-22(31-23)17-11-14-33(15-12-17)26(36)38-4/h5-6,9-10,17-18H,7-8,11-16H2,1-4H3,(H2,29,31,32,35). The molecule has 4 heterocycles. The van der Waals surface area contributed by atoms with Crippen molar-refractivity contribution in [3.63, 3.8) is 0 Å². The maximum Gasteiger partial charge on any atom is 0.410 e. The van der Waals surface area contributed by atoms with Crippen molar-refractivity contribution >= 4 is 39.6 Å². The Balaban J connectivity index is 1.45. The lowest BCUT2D eigenvalue weighted by atomic mass is 9.96. The molecule has 0 bridgehead atoms. The van der Waals surface area contributed by atoms with Crippen LogP contribution in [-0.2, 0) is 9.47 Å². The molecule has 0 spiro atoms. The van der Waals surface area contributed by atoms with Crippen molar-refractivity contribution in [1.29, 1.82) is 0 Å². The molecule has 0 saturated carbocycles. The van der Waals surface area contributed by atoms with Gasteiger partial charge in [-0.15, -0.1) is 11.3 Å². The van der Waals surface area contributed by atoms with Gasteiger partial charge in [0.05, 0.1) is 17.3 Å². The number of piperidine rings is 2. The van der Waals surface area contributed by atoms with Crippen molar-refractivity contribution in [3.05, 3.63) is 40.4 Å². The van der Waals surface area contributed by atoms with Crippen LogP contribution in [0.25, 0.3) is 20.8 Å². The molecule has 2 N–H and O–H groups in total. The number of benzene rings is 1. The van der Waals surface area contributed by atoms with Gasteiger partial charge in [0.1, 0.15) is 27.8 Å². The van der Waals surface area contributed by atoms with E-state index in [1.807, 2.05) is 45.0 Å². The molecule has 0 aliphatic carbocycles. The normalized spacial score (nSPS) is 18.6. The molecule has 40 heavy (non-hydrogen) atoms. The second kappa shape index (κ2) is 11.4. The van der Waals surface area contributed by atoms with E-state index in [0.717, 1.165) is 23.1 Å². The monoisotopic (exact) mass is 568 g/mol. The summed E-state index contributed by atoms with van der Waals surface area (Å²) in [5.74, 6) is 1.04. The van der Waals surface area contributed by atoms with Crippen molar-refractivity contribution < 1.29 is 19.1 Å². The third kappa shape index (κ3) is 6.22. The first kappa shape index (κ1) is 27.9. The smallest absolute Gasteiger partial charge is 0.410 e. The predicted molar refractivity (Wildman–Crippen MR) is 154 cm³/mol. The van der Waals surface area contributed by atoms with E-state index in [0.29, 0.717) is 61.2 Å². The van der Waals surface area contributed by atoms with Crippen LogP contribution in [0.3, 0.4) is 0 Å². The molecule has 11 nitrogen and oxygen atoms in total. The van der Waals surface area contributed by atoms with Gasteiger partial charge >= 0.3 is 12.2 Å². The zero-order valence-electron chi connectivity index (χ0n) is 23.4. The zero-order chi connectivity index (χ0) is 28.4. The number of likely N-dealkylation sites (tertiary alicyclic amines) is 2. The van der Waals surface area contributed by atoms with Gasteiger partial charge in [-0.25, -0.2) is 19.6 Å². The topological polar surface area (TPSA) is 130 Å². The molecule has 1 aromatic carbocycles. The Bertz CT molecular complexity index is 1410. The van der Waals surface area contributed by atoms with Crippen LogP contribution >= 0.6 is 11.3 Å². The molecule has 2 aliphatic heterocycles. The molecule has 1 atom stereocenters. The van der Waals surface area contributed by atoms with Crippen molar-refractivity contribution in [3.8, 4) is 10.6 Å². The Kier molecular flexibility index (Phi) is 7.97. The predicted octanol–water partition coefficient (Wildman–Crippen LogP) is 4.80. The van der Waals surface area contributed by atoms with E-state index in [9.17, 15) is 14.4 Å². The number of aromatic nitrogens is 3.